The van der Waals surface area contributed by atoms with Gasteiger partial charge in [-0.3, -0.25) is 9.59 Å². The summed E-state index contributed by atoms with van der Waals surface area (Å²) >= 11 is 1.44. The summed E-state index contributed by atoms with van der Waals surface area (Å²) in [4.78, 5) is 80.2. The molecule has 4 amide bonds. The smallest absolute Gasteiger partial charge is 0.414 e. The Labute approximate surface area is 369 Å². The monoisotopic (exact) mass is 887 g/mol. The van der Waals surface area contributed by atoms with Gasteiger partial charge in [-0.15, -0.1) is 15.9 Å². The van der Waals surface area contributed by atoms with Crippen LogP contribution in [0.15, 0.2) is 54.2 Å². The number of aromatic nitrogens is 3. The molecule has 5 heterocycles. The van der Waals surface area contributed by atoms with E-state index in [1.54, 1.807) is 39.2 Å². The largest absolute Gasteiger partial charge is 0.497 e. The summed E-state index contributed by atoms with van der Waals surface area (Å²) in [5.41, 5.74) is 0.295. The van der Waals surface area contributed by atoms with Crippen LogP contribution >= 0.6 is 11.3 Å². The highest BCUT2D eigenvalue weighted by molar-refractivity contribution is 7.14. The van der Waals surface area contributed by atoms with Gasteiger partial charge in [-0.1, -0.05) is 46.0 Å². The number of thiazole rings is 1. The maximum atomic E-state index is 14.8. The van der Waals surface area contributed by atoms with E-state index in [2.05, 4.69) is 21.3 Å². The van der Waals surface area contributed by atoms with Crippen LogP contribution < -0.4 is 35.3 Å². The molecule has 6 atom stereocenters. The number of anilines is 1. The van der Waals surface area contributed by atoms with Gasteiger partial charge in [0.1, 0.15) is 46.7 Å². The van der Waals surface area contributed by atoms with Crippen molar-refractivity contribution in [2.24, 2.45) is 11.8 Å². The number of pyridine rings is 2. The van der Waals surface area contributed by atoms with E-state index in [1.165, 1.54) is 33.2 Å². The number of halogens is 1. The Kier molecular flexibility index (Phi) is 13.8. The number of methoxy groups -OCH3 is 1. The van der Waals surface area contributed by atoms with Crippen LogP contribution in [0, 0.1) is 17.7 Å². The van der Waals surface area contributed by atoms with E-state index in [0.717, 1.165) is 42.9 Å². The second-order valence-electron chi connectivity index (χ2n) is 17.4. The molecule has 18 heteroatoms. The van der Waals surface area contributed by atoms with Crippen LogP contribution in [0.1, 0.15) is 90.3 Å². The molecule has 63 heavy (non-hydrogen) atoms. The first-order chi connectivity index (χ1) is 30.1. The van der Waals surface area contributed by atoms with Gasteiger partial charge < -0.3 is 40.7 Å². The number of urea groups is 1. The number of nitrogens with one attached hydrogen (secondary N) is 4. The minimum atomic E-state index is -1.44. The fraction of sp³-hybridized carbons (Fsp3) is 0.511. The molecule has 3 fully saturated rings. The van der Waals surface area contributed by atoms with Crippen molar-refractivity contribution in [1.29, 1.82) is 0 Å². The SMILES string of the molecule is COc1ccc2c(O[C@@H]3C[C@H]4C(=O)N[C@]5(C(=O)O)CC5CCCCCCC[C@H](NC(=O)N[C@H](C(=O)[n+]5ccc(F)cc5)C(C)C)C(=O)N4C3)cc(-c3csc(NC(C)C)n3)nc2c1. The number of carbonyl (C=O) groups excluding carboxylic acids is 4. The molecule has 1 aliphatic carbocycles. The summed E-state index contributed by atoms with van der Waals surface area (Å²) in [7, 11) is 1.56. The van der Waals surface area contributed by atoms with Crippen molar-refractivity contribution < 1.29 is 47.5 Å². The topological polar surface area (TPSA) is 205 Å². The highest BCUT2D eigenvalue weighted by Crippen LogP contribution is 2.47. The fourth-order valence-electron chi connectivity index (χ4n) is 8.54. The van der Waals surface area contributed by atoms with Crippen molar-refractivity contribution in [3.8, 4) is 22.9 Å². The Hall–Kier alpha value is -5.91. The molecule has 1 unspecified atom stereocenters. The molecule has 0 spiro atoms. The Bertz CT molecular complexity index is 2340. The summed E-state index contributed by atoms with van der Waals surface area (Å²) in [5.74, 6) is -2.87. The van der Waals surface area contributed by atoms with Gasteiger partial charge in [0, 0.05) is 47.5 Å². The fourth-order valence-corrected chi connectivity index (χ4v) is 9.39. The molecular formula is C45H56FN8O8S+. The lowest BCUT2D eigenvalue weighted by atomic mass is 10.0. The Balaban J connectivity index is 1.19. The van der Waals surface area contributed by atoms with Crippen LogP contribution in [-0.2, 0) is 14.4 Å². The maximum Gasteiger partial charge on any atom is 0.414 e. The second-order valence-corrected chi connectivity index (χ2v) is 18.2. The number of carboxylic acids is 1. The van der Waals surface area contributed by atoms with Crippen LogP contribution in [0.3, 0.4) is 0 Å². The van der Waals surface area contributed by atoms with Crippen molar-refractivity contribution >= 4 is 57.1 Å². The van der Waals surface area contributed by atoms with Crippen molar-refractivity contribution in [3.05, 3.63) is 60.0 Å². The third-order valence-corrected chi connectivity index (χ3v) is 12.8. The van der Waals surface area contributed by atoms with Gasteiger partial charge in [-0.25, -0.2) is 28.7 Å². The molecule has 3 aliphatic rings. The van der Waals surface area contributed by atoms with Crippen molar-refractivity contribution in [3.63, 3.8) is 0 Å². The lowest BCUT2D eigenvalue weighted by Crippen LogP contribution is -2.61. The molecule has 4 aromatic rings. The van der Waals surface area contributed by atoms with Crippen molar-refractivity contribution in [1.82, 2.24) is 30.8 Å². The minimum Gasteiger partial charge on any atom is -0.497 e. The highest BCUT2D eigenvalue weighted by atomic mass is 32.1. The van der Waals surface area contributed by atoms with E-state index in [9.17, 15) is 33.5 Å². The zero-order valence-corrected chi connectivity index (χ0v) is 37.0. The first-order valence-electron chi connectivity index (χ1n) is 21.7. The quantitative estimate of drug-likeness (QED) is 0.116. The average molecular weight is 888 g/mol. The third-order valence-electron chi connectivity index (χ3n) is 12.0. The molecular weight excluding hydrogens is 832 g/mol. The molecule has 1 aromatic carbocycles. The van der Waals surface area contributed by atoms with E-state index in [1.807, 2.05) is 25.3 Å². The minimum absolute atomic E-state index is 0.0319. The van der Waals surface area contributed by atoms with Crippen molar-refractivity contribution in [2.45, 2.75) is 121 Å². The summed E-state index contributed by atoms with van der Waals surface area (Å²) < 4.78 is 27.1. The first-order valence-corrected chi connectivity index (χ1v) is 22.6. The average Bonchev–Trinajstić information content (AvgIpc) is 3.51. The van der Waals surface area contributed by atoms with Crippen LogP contribution in [-0.4, -0.2) is 99.2 Å². The van der Waals surface area contributed by atoms with E-state index in [0.29, 0.717) is 53.1 Å². The summed E-state index contributed by atoms with van der Waals surface area (Å²) in [6.07, 6.45) is 6.89. The maximum absolute atomic E-state index is 14.8. The molecule has 0 bridgehead atoms. The van der Waals surface area contributed by atoms with Crippen LogP contribution in [0.25, 0.3) is 22.3 Å². The number of carbonyl (C=O) groups is 5. The van der Waals surface area contributed by atoms with Crippen LogP contribution in [0.4, 0.5) is 14.3 Å². The van der Waals surface area contributed by atoms with Gasteiger partial charge in [0.25, 0.3) is 0 Å². The number of aliphatic carboxylic acids is 1. The molecule has 336 valence electrons. The predicted molar refractivity (Wildman–Crippen MR) is 233 cm³/mol. The number of nitrogens with zero attached hydrogens (tertiary/aromatic N) is 4. The highest BCUT2D eigenvalue weighted by Gasteiger charge is 2.62. The third kappa shape index (κ3) is 10.3. The molecule has 5 N–H and O–H groups in total. The Morgan fingerprint density at radius 1 is 1.00 bits per heavy atom. The number of rotatable bonds is 11. The van der Waals surface area contributed by atoms with Gasteiger partial charge in [0.05, 0.1) is 24.9 Å². The number of ether oxygens (including phenoxy) is 2. The van der Waals surface area contributed by atoms with Gasteiger partial charge >= 0.3 is 17.9 Å². The van der Waals surface area contributed by atoms with Gasteiger partial charge in [-0.2, -0.15) is 0 Å². The molecule has 16 nitrogen and oxygen atoms in total. The van der Waals surface area contributed by atoms with E-state index in [-0.39, 0.29) is 37.3 Å². The number of amides is 4. The number of fused-ring (bicyclic) bond motifs is 3. The van der Waals surface area contributed by atoms with Gasteiger partial charge in [-0.05, 0) is 57.1 Å². The first kappa shape index (κ1) is 45.1. The number of benzene rings is 1. The lowest BCUT2D eigenvalue weighted by Gasteiger charge is -2.30. The number of carboxylic acid groups (broad SMARTS) is 1. The summed E-state index contributed by atoms with van der Waals surface area (Å²) in [6, 6.07) is 5.60. The second kappa shape index (κ2) is 19.2. The zero-order chi connectivity index (χ0) is 45.0. The van der Waals surface area contributed by atoms with Crippen LogP contribution in [0.2, 0.25) is 0 Å². The zero-order valence-electron chi connectivity index (χ0n) is 36.2. The Morgan fingerprint density at radius 3 is 2.43 bits per heavy atom. The molecule has 7 rings (SSSR count). The number of hydrogen-bond donors (Lipinski definition) is 5. The summed E-state index contributed by atoms with van der Waals surface area (Å²) in [6.45, 7) is 7.51. The molecule has 2 saturated heterocycles. The van der Waals surface area contributed by atoms with E-state index >= 15 is 0 Å². The van der Waals surface area contributed by atoms with Crippen LogP contribution in [0.5, 0.6) is 11.5 Å². The Morgan fingerprint density at radius 2 is 1.73 bits per heavy atom. The van der Waals surface area contributed by atoms with E-state index < -0.39 is 65.3 Å². The molecule has 0 radical (unpaired) electrons. The van der Waals surface area contributed by atoms with Gasteiger partial charge in [0.2, 0.25) is 11.8 Å². The standard InChI is InChI=1S/C45H55FN8O8S/c1-25(2)38(41(57)53-17-15-28(46)16-18-53)51-43(60)49-32-12-10-8-6-7-9-11-27-22-45(27,42(58)59)52-39(55)36-20-30(23-54(36)40(32)56)62-37-21-34(35-24-63-44(50-35)47-26(3)4)48-33-19-29(61-5)13-14-31(33)37/h13-19,21,24-27,30,32,36,38H,6-12,20,22-23H2,1-5H3,(H4-,47,49,50,51,52,55,58,59,60)/p+1/t27?,30-,32+,36+,38+,45-/m1/s1. The predicted octanol–water partition coefficient (Wildman–Crippen LogP) is 5.70. The molecule has 1 saturated carbocycles. The van der Waals surface area contributed by atoms with E-state index in [4.69, 9.17) is 19.4 Å². The van der Waals surface area contributed by atoms with Crippen molar-refractivity contribution in [2.75, 3.05) is 19.0 Å². The summed E-state index contributed by atoms with van der Waals surface area (Å²) in [5, 5.41) is 25.4. The molecule has 2 aliphatic heterocycles. The normalized spacial score (nSPS) is 23.5. The van der Waals surface area contributed by atoms with Gasteiger partial charge in [0.15, 0.2) is 23.6 Å². The number of hydrogen-bond acceptors (Lipinski definition) is 11. The molecule has 3 aromatic heterocycles. The lowest BCUT2D eigenvalue weighted by molar-refractivity contribution is -0.576.